The standard InChI is InChI=1S/C14H14F2N2OS/c1-10-2-4-11(5-3-10)18-17-8-12-6-7-13(19-12)9-20-14(15)16/h2-8,14,18H,9H2,1H3/b17-8-. The van der Waals surface area contributed by atoms with Crippen molar-refractivity contribution in [2.45, 2.75) is 18.4 Å². The van der Waals surface area contributed by atoms with Crippen molar-refractivity contribution in [3.63, 3.8) is 0 Å². The van der Waals surface area contributed by atoms with Crippen molar-refractivity contribution in [3.05, 3.63) is 53.5 Å². The van der Waals surface area contributed by atoms with Crippen LogP contribution in [0.4, 0.5) is 14.5 Å². The molecule has 2 aromatic rings. The Labute approximate surface area is 120 Å². The minimum atomic E-state index is -2.39. The van der Waals surface area contributed by atoms with E-state index >= 15 is 0 Å². The average Bonchev–Trinajstić information content (AvgIpc) is 2.87. The summed E-state index contributed by atoms with van der Waals surface area (Å²) in [6, 6.07) is 11.2. The van der Waals surface area contributed by atoms with Gasteiger partial charge in [-0.1, -0.05) is 29.5 Å². The van der Waals surface area contributed by atoms with E-state index in [1.54, 1.807) is 12.1 Å². The first-order valence-electron chi connectivity index (χ1n) is 5.98. The van der Waals surface area contributed by atoms with Crippen molar-refractivity contribution < 1.29 is 13.2 Å². The number of hydrazone groups is 1. The average molecular weight is 296 g/mol. The summed E-state index contributed by atoms with van der Waals surface area (Å²) in [6.45, 7) is 2.01. The fraction of sp³-hybridized carbons (Fsp3) is 0.214. The largest absolute Gasteiger partial charge is 0.459 e. The number of hydrogen-bond acceptors (Lipinski definition) is 4. The Morgan fingerprint density at radius 2 is 2.00 bits per heavy atom. The quantitative estimate of drug-likeness (QED) is 0.630. The summed E-state index contributed by atoms with van der Waals surface area (Å²) < 4.78 is 29.4. The topological polar surface area (TPSA) is 37.5 Å². The first-order valence-corrected chi connectivity index (χ1v) is 7.02. The van der Waals surface area contributed by atoms with Crippen molar-refractivity contribution in [3.8, 4) is 0 Å². The highest BCUT2D eigenvalue weighted by Gasteiger charge is 2.06. The van der Waals surface area contributed by atoms with Crippen molar-refractivity contribution in [2.24, 2.45) is 5.10 Å². The third-order valence-corrected chi connectivity index (χ3v) is 3.17. The number of benzene rings is 1. The molecule has 1 aromatic heterocycles. The molecule has 1 N–H and O–H groups in total. The van der Waals surface area contributed by atoms with Gasteiger partial charge in [0.15, 0.2) is 0 Å². The summed E-state index contributed by atoms with van der Waals surface area (Å²) in [5.41, 5.74) is 4.90. The van der Waals surface area contributed by atoms with Crippen molar-refractivity contribution in [1.82, 2.24) is 0 Å². The summed E-state index contributed by atoms with van der Waals surface area (Å²) >= 11 is 0.533. The predicted molar refractivity (Wildman–Crippen MR) is 78.4 cm³/mol. The van der Waals surface area contributed by atoms with E-state index in [2.05, 4.69) is 10.5 Å². The molecule has 0 atom stereocenters. The Balaban J connectivity index is 1.86. The number of hydrogen-bond donors (Lipinski definition) is 1. The number of alkyl halides is 2. The highest BCUT2D eigenvalue weighted by molar-refractivity contribution is 7.98. The van der Waals surface area contributed by atoms with Gasteiger partial charge in [-0.25, -0.2) is 0 Å². The molecule has 0 bridgehead atoms. The summed E-state index contributed by atoms with van der Waals surface area (Å²) in [4.78, 5) is 0. The second-order valence-electron chi connectivity index (χ2n) is 4.11. The van der Waals surface area contributed by atoms with E-state index in [1.807, 2.05) is 31.2 Å². The Kier molecular flexibility index (Phi) is 5.17. The van der Waals surface area contributed by atoms with Crippen LogP contribution in [0.2, 0.25) is 0 Å². The number of nitrogens with one attached hydrogen (secondary N) is 1. The lowest BCUT2D eigenvalue weighted by molar-refractivity contribution is 0.251. The Hall–Kier alpha value is -1.82. The number of anilines is 1. The van der Waals surface area contributed by atoms with Gasteiger partial charge in [0.05, 0.1) is 17.7 Å². The van der Waals surface area contributed by atoms with Crippen molar-refractivity contribution in [1.29, 1.82) is 0 Å². The molecule has 0 radical (unpaired) electrons. The van der Waals surface area contributed by atoms with Gasteiger partial charge in [-0.15, -0.1) is 0 Å². The van der Waals surface area contributed by atoms with E-state index in [4.69, 9.17) is 4.42 Å². The molecule has 0 unspecified atom stereocenters. The number of furan rings is 1. The van der Waals surface area contributed by atoms with Crippen LogP contribution in [0.15, 0.2) is 45.9 Å². The number of thioether (sulfide) groups is 1. The van der Waals surface area contributed by atoms with E-state index in [1.165, 1.54) is 11.8 Å². The van der Waals surface area contributed by atoms with Crippen LogP contribution in [-0.2, 0) is 5.75 Å². The second kappa shape index (κ2) is 7.09. The van der Waals surface area contributed by atoms with Gasteiger partial charge in [-0.2, -0.15) is 13.9 Å². The molecule has 0 spiro atoms. The number of rotatable bonds is 6. The van der Waals surface area contributed by atoms with Crippen molar-refractivity contribution in [2.75, 3.05) is 5.43 Å². The van der Waals surface area contributed by atoms with E-state index in [0.717, 1.165) is 5.69 Å². The van der Waals surface area contributed by atoms with E-state index in [-0.39, 0.29) is 5.75 Å². The molecule has 0 aliphatic carbocycles. The fourth-order valence-corrected chi connectivity index (χ4v) is 1.93. The van der Waals surface area contributed by atoms with Crippen LogP contribution < -0.4 is 5.43 Å². The summed E-state index contributed by atoms with van der Waals surface area (Å²) in [5, 5.41) is 4.03. The van der Waals surface area contributed by atoms with Crippen molar-refractivity contribution >= 4 is 23.7 Å². The molecule has 6 heteroatoms. The van der Waals surface area contributed by atoms with E-state index < -0.39 is 5.76 Å². The van der Waals surface area contributed by atoms with Gasteiger partial charge in [-0.05, 0) is 31.2 Å². The molecular formula is C14H14F2N2OS. The summed E-state index contributed by atoms with van der Waals surface area (Å²) in [6.07, 6.45) is 1.51. The first kappa shape index (κ1) is 14.6. The van der Waals surface area contributed by atoms with Crippen LogP contribution in [0, 0.1) is 6.92 Å². The summed E-state index contributed by atoms with van der Waals surface area (Å²) in [7, 11) is 0. The zero-order chi connectivity index (χ0) is 14.4. The van der Waals surface area contributed by atoms with Gasteiger partial charge >= 0.3 is 0 Å². The van der Waals surface area contributed by atoms with Gasteiger partial charge in [0.1, 0.15) is 11.5 Å². The minimum Gasteiger partial charge on any atom is -0.459 e. The van der Waals surface area contributed by atoms with Gasteiger partial charge in [0.2, 0.25) is 0 Å². The zero-order valence-corrected chi connectivity index (χ0v) is 11.7. The maximum Gasteiger partial charge on any atom is 0.284 e. The van der Waals surface area contributed by atoms with Gasteiger partial charge in [0, 0.05) is 0 Å². The third kappa shape index (κ3) is 4.70. The summed E-state index contributed by atoms with van der Waals surface area (Å²) in [5.74, 6) is -1.21. The number of nitrogens with zero attached hydrogens (tertiary/aromatic N) is 1. The molecule has 3 nitrogen and oxygen atoms in total. The highest BCUT2D eigenvalue weighted by atomic mass is 32.2. The second-order valence-corrected chi connectivity index (χ2v) is 5.09. The van der Waals surface area contributed by atoms with Gasteiger partial charge in [-0.3, -0.25) is 5.43 Å². The number of aryl methyl sites for hydroxylation is 1. The Morgan fingerprint density at radius 3 is 2.70 bits per heavy atom. The molecular weight excluding hydrogens is 282 g/mol. The molecule has 106 valence electrons. The van der Waals surface area contributed by atoms with Crippen LogP contribution in [0.25, 0.3) is 0 Å². The highest BCUT2D eigenvalue weighted by Crippen LogP contribution is 2.20. The van der Waals surface area contributed by atoms with Crippen LogP contribution >= 0.6 is 11.8 Å². The zero-order valence-electron chi connectivity index (χ0n) is 10.8. The lowest BCUT2D eigenvalue weighted by Crippen LogP contribution is -1.89. The van der Waals surface area contributed by atoms with Crippen LogP contribution in [-0.4, -0.2) is 12.0 Å². The molecule has 0 amide bonds. The molecule has 1 aromatic carbocycles. The number of halogens is 2. The molecule has 0 aliphatic heterocycles. The smallest absolute Gasteiger partial charge is 0.284 e. The predicted octanol–water partition coefficient (Wildman–Crippen LogP) is 4.49. The Morgan fingerprint density at radius 1 is 1.25 bits per heavy atom. The monoisotopic (exact) mass is 296 g/mol. The molecule has 0 fully saturated rings. The van der Waals surface area contributed by atoms with Crippen LogP contribution in [0.1, 0.15) is 17.1 Å². The lowest BCUT2D eigenvalue weighted by Gasteiger charge is -1.99. The Bertz CT molecular complexity index is 567. The van der Waals surface area contributed by atoms with E-state index in [0.29, 0.717) is 23.3 Å². The molecule has 0 saturated carbocycles. The van der Waals surface area contributed by atoms with Crippen LogP contribution in [0.3, 0.4) is 0 Å². The first-order chi connectivity index (χ1) is 9.63. The molecule has 20 heavy (non-hydrogen) atoms. The fourth-order valence-electron chi connectivity index (χ4n) is 1.49. The molecule has 2 rings (SSSR count). The molecule has 0 saturated heterocycles. The lowest BCUT2D eigenvalue weighted by atomic mass is 10.2. The maximum atomic E-state index is 12.0. The minimum absolute atomic E-state index is 0.150. The van der Waals surface area contributed by atoms with E-state index in [9.17, 15) is 8.78 Å². The molecule has 1 heterocycles. The van der Waals surface area contributed by atoms with Gasteiger partial charge < -0.3 is 4.42 Å². The van der Waals surface area contributed by atoms with Gasteiger partial charge in [0.25, 0.3) is 5.76 Å². The maximum absolute atomic E-state index is 12.0. The third-order valence-electron chi connectivity index (χ3n) is 2.47. The SMILES string of the molecule is Cc1ccc(N/N=C\c2ccc(CSC(F)F)o2)cc1. The molecule has 0 aliphatic rings. The normalized spacial score (nSPS) is 11.4. The van der Waals surface area contributed by atoms with Crippen LogP contribution in [0.5, 0.6) is 0 Å².